The topological polar surface area (TPSA) is 9.23 Å². The Bertz CT molecular complexity index is 2750. The minimum absolute atomic E-state index is 0.265. The lowest BCUT2D eigenvalue weighted by Crippen LogP contribution is -2.05. The molecular weight excluding hydrogens is 1200 g/mol. The molecule has 438 valence electrons. The molecule has 1 nitrogen and oxygen atoms in total. The van der Waals surface area contributed by atoms with Gasteiger partial charge in [0.05, 0.1) is 17.7 Å². The molecule has 13 heteroatoms. The number of methoxy groups -OCH3 is 1. The third-order valence-corrected chi connectivity index (χ3v) is 11.9. The molecule has 0 unspecified atom stereocenters. The van der Waals surface area contributed by atoms with Crippen LogP contribution >= 0.6 is 73.9 Å². The van der Waals surface area contributed by atoms with Crippen LogP contribution in [0.2, 0.25) is 25.1 Å². The van der Waals surface area contributed by atoms with Crippen LogP contribution in [0.5, 0.6) is 5.75 Å². The first kappa shape index (κ1) is 74.1. The normalized spacial score (nSPS) is 11.6. The molecule has 6 aromatic rings. The van der Waals surface area contributed by atoms with E-state index in [1.54, 1.807) is 25.3 Å². The molecular formula is C68H76BrCl5F6O. The highest BCUT2D eigenvalue weighted by Crippen LogP contribution is 2.35. The zero-order chi connectivity index (χ0) is 61.4. The summed E-state index contributed by atoms with van der Waals surface area (Å²) in [4.78, 5) is 0. The van der Waals surface area contributed by atoms with Crippen LogP contribution in [0.1, 0.15) is 122 Å². The summed E-state index contributed by atoms with van der Waals surface area (Å²) in [7, 11) is 1.69. The summed E-state index contributed by atoms with van der Waals surface area (Å²) < 4.78 is 81.5. The third-order valence-electron chi connectivity index (χ3n) is 10.1. The number of hydrogen-bond acceptors (Lipinski definition) is 1. The van der Waals surface area contributed by atoms with Crippen LogP contribution in [0.4, 0.5) is 26.3 Å². The van der Waals surface area contributed by atoms with E-state index in [0.29, 0.717) is 61.7 Å². The van der Waals surface area contributed by atoms with Crippen LogP contribution in [0.3, 0.4) is 0 Å². The molecule has 6 aromatic carbocycles. The molecule has 0 N–H and O–H groups in total. The van der Waals surface area contributed by atoms with E-state index in [1.807, 2.05) is 113 Å². The van der Waals surface area contributed by atoms with Crippen molar-refractivity contribution in [2.24, 2.45) is 35.5 Å². The average molecular weight is 1280 g/mol. The van der Waals surface area contributed by atoms with Gasteiger partial charge >= 0.3 is 6.18 Å². The van der Waals surface area contributed by atoms with Gasteiger partial charge in [0.25, 0.3) is 0 Å². The van der Waals surface area contributed by atoms with Gasteiger partial charge in [0, 0.05) is 36.2 Å². The maximum absolute atomic E-state index is 12.8. The molecule has 0 spiro atoms. The largest absolute Gasteiger partial charge is 0.497 e. The molecule has 0 aromatic heterocycles. The lowest BCUT2D eigenvalue weighted by Gasteiger charge is -2.09. The summed E-state index contributed by atoms with van der Waals surface area (Å²) in [6.07, 6.45) is 19.3. The molecule has 0 saturated carbocycles. The van der Waals surface area contributed by atoms with E-state index >= 15 is 0 Å². The fraction of sp³-hybridized carbons (Fsp3) is 0.294. The predicted molar refractivity (Wildman–Crippen MR) is 346 cm³/mol. The summed E-state index contributed by atoms with van der Waals surface area (Å²) in [6.45, 7) is 25.0. The summed E-state index contributed by atoms with van der Waals surface area (Å²) in [5, 5.41) is 2.33. The average Bonchev–Trinajstić information content (AvgIpc) is 3.36. The van der Waals surface area contributed by atoms with Crippen molar-refractivity contribution in [1.82, 2.24) is 0 Å². The van der Waals surface area contributed by atoms with E-state index in [-0.39, 0.29) is 10.8 Å². The minimum atomic E-state index is -4.39. The molecule has 6 rings (SSSR count). The fourth-order valence-electron chi connectivity index (χ4n) is 6.10. The van der Waals surface area contributed by atoms with Crippen molar-refractivity contribution in [2.75, 3.05) is 7.11 Å². The summed E-state index contributed by atoms with van der Waals surface area (Å²) >= 11 is 32.5. The molecule has 0 fully saturated rings. The van der Waals surface area contributed by atoms with Gasteiger partial charge in [0.15, 0.2) is 0 Å². The maximum atomic E-state index is 12.8. The van der Waals surface area contributed by atoms with Crippen molar-refractivity contribution in [1.29, 1.82) is 0 Å². The molecule has 0 heterocycles. The Kier molecular flexibility index (Phi) is 36.2. The first-order valence-corrected chi connectivity index (χ1v) is 29.0. The Morgan fingerprint density at radius 3 is 1.16 bits per heavy atom. The SMILES string of the molecule is CC(C)/C=C/c1c(Cl)cccc1Cl.CC(C)/C=C/c1cc(Cl)cc(Br)c1.CC(C)/C=C/c1cc(F)cc(Cl)c1.CC(C)/C=C/c1cc(F)cc(F)c1.CC(C)/C=C/c1ccc(C(F)(F)F)c(Cl)c1.COc1cccc(/C=C/C(C)C)c1. The molecule has 0 amide bonds. The van der Waals surface area contributed by atoms with Gasteiger partial charge in [-0.2, -0.15) is 13.2 Å². The number of allylic oxidation sites excluding steroid dienone is 6. The van der Waals surface area contributed by atoms with Crippen LogP contribution in [0.25, 0.3) is 36.5 Å². The molecule has 0 radical (unpaired) electrons. The molecule has 0 atom stereocenters. The number of alkyl halides is 3. The van der Waals surface area contributed by atoms with Gasteiger partial charge in [0.2, 0.25) is 0 Å². The second-order valence-electron chi connectivity index (χ2n) is 20.4. The number of ether oxygens (including phenoxy) is 1. The Morgan fingerprint density at radius 1 is 0.395 bits per heavy atom. The fourth-order valence-corrected chi connectivity index (χ4v) is 8.04. The van der Waals surface area contributed by atoms with Gasteiger partial charge in [-0.3, -0.25) is 0 Å². The molecule has 0 bridgehead atoms. The monoisotopic (exact) mass is 1280 g/mol. The Morgan fingerprint density at radius 2 is 0.765 bits per heavy atom. The van der Waals surface area contributed by atoms with Crippen LogP contribution in [0.15, 0.2) is 156 Å². The van der Waals surface area contributed by atoms with Gasteiger partial charge in [-0.1, -0.05) is 254 Å². The van der Waals surface area contributed by atoms with Gasteiger partial charge in [0.1, 0.15) is 23.2 Å². The lowest BCUT2D eigenvalue weighted by atomic mass is 10.1. The molecule has 0 saturated heterocycles. The molecule has 81 heavy (non-hydrogen) atoms. The zero-order valence-corrected chi connectivity index (χ0v) is 53.7. The van der Waals surface area contributed by atoms with Gasteiger partial charge in [-0.25, -0.2) is 13.2 Å². The van der Waals surface area contributed by atoms with Gasteiger partial charge in [-0.15, -0.1) is 0 Å². The lowest BCUT2D eigenvalue weighted by molar-refractivity contribution is -0.137. The van der Waals surface area contributed by atoms with Crippen molar-refractivity contribution in [3.63, 3.8) is 0 Å². The minimum Gasteiger partial charge on any atom is -0.497 e. The van der Waals surface area contributed by atoms with E-state index in [9.17, 15) is 26.3 Å². The first-order valence-electron chi connectivity index (χ1n) is 26.3. The molecule has 0 aliphatic rings. The molecule has 0 aliphatic heterocycles. The third kappa shape index (κ3) is 35.6. The van der Waals surface area contributed by atoms with Crippen LogP contribution < -0.4 is 4.74 Å². The highest BCUT2D eigenvalue weighted by molar-refractivity contribution is 9.10. The Hall–Kier alpha value is -4.93. The van der Waals surface area contributed by atoms with Crippen molar-refractivity contribution in [3.05, 3.63) is 238 Å². The predicted octanol–water partition coefficient (Wildman–Crippen LogP) is 25.6. The Labute approximate surface area is 513 Å². The van der Waals surface area contributed by atoms with Crippen LogP contribution in [-0.2, 0) is 6.18 Å². The van der Waals surface area contributed by atoms with E-state index in [2.05, 4.69) is 108 Å². The number of hydrogen-bond donors (Lipinski definition) is 0. The van der Waals surface area contributed by atoms with Crippen molar-refractivity contribution < 1.29 is 31.1 Å². The standard InChI is InChI=1S/C12H12ClF3.C12H16O.C11H12BrCl.C11H12Cl2.C11H12ClF.C11H12F2/c1-8(2)3-4-9-5-6-10(11(13)7-9)12(14,15)16;1-10(2)7-8-11-5-4-6-12(9-11)13-3;1-8(2)3-4-9-5-10(12)7-11(13)6-9;1-8(2)6-7-9-10(12)4-3-5-11(9)13;2*1-8(2)3-4-9-5-10(12)7-11(13)6-9/h3-8H,1-2H3;4-10H,1-3H3;4*3-8H,1-2H3/b4-3+;8-7+;4-3+;7-6+;2*4-3+. The first-order chi connectivity index (χ1) is 37.9. The summed E-state index contributed by atoms with van der Waals surface area (Å²) in [5.41, 5.74) is 4.47. The second-order valence-corrected chi connectivity index (χ2v) is 23.4. The van der Waals surface area contributed by atoms with Crippen molar-refractivity contribution in [3.8, 4) is 5.75 Å². The van der Waals surface area contributed by atoms with E-state index in [1.165, 1.54) is 42.0 Å². The molecule has 0 aliphatic carbocycles. The van der Waals surface area contributed by atoms with Crippen LogP contribution in [-0.4, -0.2) is 7.11 Å². The quantitative estimate of drug-likeness (QED) is 0.105. The van der Waals surface area contributed by atoms with Crippen molar-refractivity contribution >= 4 is 110 Å². The van der Waals surface area contributed by atoms with E-state index in [0.717, 1.165) is 44.1 Å². The van der Waals surface area contributed by atoms with Crippen LogP contribution in [0, 0.1) is 53.0 Å². The summed E-state index contributed by atoms with van der Waals surface area (Å²) in [5.74, 6) is 2.39. The smallest absolute Gasteiger partial charge is 0.417 e. The van der Waals surface area contributed by atoms with E-state index in [4.69, 9.17) is 62.7 Å². The highest BCUT2D eigenvalue weighted by Gasteiger charge is 2.32. The Balaban J connectivity index is 0.000000487. The highest BCUT2D eigenvalue weighted by atomic mass is 79.9. The van der Waals surface area contributed by atoms with Gasteiger partial charge in [-0.05, 0) is 148 Å². The van der Waals surface area contributed by atoms with Crippen molar-refractivity contribution in [2.45, 2.75) is 89.3 Å². The van der Waals surface area contributed by atoms with Gasteiger partial charge < -0.3 is 4.74 Å². The second kappa shape index (κ2) is 39.5. The number of halogens is 12. The van der Waals surface area contributed by atoms with E-state index < -0.39 is 23.4 Å². The maximum Gasteiger partial charge on any atom is 0.417 e. The number of rotatable bonds is 13. The summed E-state index contributed by atoms with van der Waals surface area (Å²) in [6, 6.07) is 31.2. The zero-order valence-electron chi connectivity index (χ0n) is 48.3. The number of benzene rings is 6.